The van der Waals surface area contributed by atoms with Gasteiger partial charge in [-0.05, 0) is 20.8 Å². The van der Waals surface area contributed by atoms with Crippen molar-refractivity contribution < 1.29 is 14.4 Å². The van der Waals surface area contributed by atoms with Crippen LogP contribution in [0.2, 0.25) is 0 Å². The molecule has 1 rings (SSSR count). The highest BCUT2D eigenvalue weighted by Crippen LogP contribution is 2.18. The SMILES string of the molecule is C.CCNC(=O)N(CC)C1CC(=O)N(CC)C1=O. The molecule has 1 N–H and O–H groups in total. The highest BCUT2D eigenvalue weighted by Gasteiger charge is 2.42. The molecule has 1 fully saturated rings. The molecule has 1 aliphatic rings. The van der Waals surface area contributed by atoms with Gasteiger partial charge in [0.2, 0.25) is 5.91 Å². The fourth-order valence-corrected chi connectivity index (χ4v) is 2.00. The topological polar surface area (TPSA) is 69.7 Å². The smallest absolute Gasteiger partial charge is 0.318 e. The van der Waals surface area contributed by atoms with E-state index in [0.717, 1.165) is 0 Å². The van der Waals surface area contributed by atoms with Gasteiger partial charge in [0.25, 0.3) is 5.91 Å². The van der Waals surface area contributed by atoms with Gasteiger partial charge < -0.3 is 10.2 Å². The molecule has 1 aliphatic heterocycles. The molecule has 0 aromatic heterocycles. The maximum absolute atomic E-state index is 11.9. The average Bonchev–Trinajstić information content (AvgIpc) is 2.56. The van der Waals surface area contributed by atoms with Crippen LogP contribution in [0.4, 0.5) is 4.79 Å². The number of nitrogens with one attached hydrogen (secondary N) is 1. The van der Waals surface area contributed by atoms with Crippen LogP contribution in [0.3, 0.4) is 0 Å². The lowest BCUT2D eigenvalue weighted by Crippen LogP contribution is -2.49. The van der Waals surface area contributed by atoms with Gasteiger partial charge in [-0.1, -0.05) is 7.43 Å². The van der Waals surface area contributed by atoms with Crippen molar-refractivity contribution in [3.8, 4) is 0 Å². The lowest BCUT2D eigenvalue weighted by molar-refractivity contribution is -0.139. The number of likely N-dealkylation sites (tertiary alicyclic amines) is 1. The van der Waals surface area contributed by atoms with Crippen LogP contribution >= 0.6 is 0 Å². The molecule has 1 unspecified atom stereocenters. The van der Waals surface area contributed by atoms with Gasteiger partial charge in [-0.25, -0.2) is 4.79 Å². The fourth-order valence-electron chi connectivity index (χ4n) is 2.00. The first-order valence-corrected chi connectivity index (χ1v) is 5.95. The Bertz CT molecular complexity index is 331. The summed E-state index contributed by atoms with van der Waals surface area (Å²) in [4.78, 5) is 37.9. The molecule has 1 saturated heterocycles. The van der Waals surface area contributed by atoms with Gasteiger partial charge in [-0.2, -0.15) is 0 Å². The van der Waals surface area contributed by atoms with Gasteiger partial charge in [0.05, 0.1) is 6.42 Å². The van der Waals surface area contributed by atoms with Crippen molar-refractivity contribution in [2.75, 3.05) is 19.6 Å². The number of hydrogen-bond donors (Lipinski definition) is 1. The molecule has 4 amide bonds. The summed E-state index contributed by atoms with van der Waals surface area (Å²) in [5.41, 5.74) is 0. The van der Waals surface area contributed by atoms with Crippen LogP contribution in [0.25, 0.3) is 0 Å². The molecule has 6 nitrogen and oxygen atoms in total. The Morgan fingerprint density at radius 1 is 1.39 bits per heavy atom. The molecule has 1 heterocycles. The first kappa shape index (κ1) is 16.4. The second kappa shape index (κ2) is 6.98. The first-order valence-electron chi connectivity index (χ1n) is 5.95. The molecular weight excluding hydrogens is 234 g/mol. The van der Waals surface area contributed by atoms with Crippen LogP contribution in [-0.4, -0.2) is 53.3 Å². The number of nitrogens with zero attached hydrogens (tertiary/aromatic N) is 2. The minimum Gasteiger partial charge on any atom is -0.338 e. The first-order chi connectivity index (χ1) is 8.06. The lowest BCUT2D eigenvalue weighted by atomic mass is 10.2. The van der Waals surface area contributed by atoms with Gasteiger partial charge >= 0.3 is 6.03 Å². The number of carbonyl (C=O) groups is 3. The van der Waals surface area contributed by atoms with Crippen molar-refractivity contribution in [1.29, 1.82) is 0 Å². The Morgan fingerprint density at radius 2 is 2.00 bits per heavy atom. The van der Waals surface area contributed by atoms with Crippen LogP contribution in [0, 0.1) is 0 Å². The zero-order valence-corrected chi connectivity index (χ0v) is 10.5. The number of urea groups is 1. The van der Waals surface area contributed by atoms with Gasteiger partial charge in [-0.15, -0.1) is 0 Å². The normalized spacial score (nSPS) is 18.6. The summed E-state index contributed by atoms with van der Waals surface area (Å²) in [6, 6.07) is -0.932. The second-order valence-electron chi connectivity index (χ2n) is 3.82. The van der Waals surface area contributed by atoms with E-state index < -0.39 is 6.04 Å². The molecule has 0 aromatic carbocycles. The minimum atomic E-state index is -0.640. The summed E-state index contributed by atoms with van der Waals surface area (Å²) in [5.74, 6) is -0.476. The number of amides is 4. The third-order valence-corrected chi connectivity index (χ3v) is 2.84. The molecule has 0 saturated carbocycles. The van der Waals surface area contributed by atoms with E-state index in [4.69, 9.17) is 0 Å². The molecule has 0 aliphatic carbocycles. The van der Waals surface area contributed by atoms with Crippen LogP contribution in [0.15, 0.2) is 0 Å². The Hall–Kier alpha value is -1.59. The highest BCUT2D eigenvalue weighted by atomic mass is 16.2. The summed E-state index contributed by atoms with van der Waals surface area (Å²) >= 11 is 0. The zero-order chi connectivity index (χ0) is 13.0. The predicted molar refractivity (Wildman–Crippen MR) is 69.0 cm³/mol. The monoisotopic (exact) mass is 257 g/mol. The molecule has 1 atom stereocenters. The molecule has 0 bridgehead atoms. The van der Waals surface area contributed by atoms with Gasteiger partial charge in [0.15, 0.2) is 0 Å². The van der Waals surface area contributed by atoms with Crippen molar-refractivity contribution in [1.82, 2.24) is 15.1 Å². The average molecular weight is 257 g/mol. The number of imide groups is 1. The van der Waals surface area contributed by atoms with Crippen molar-refractivity contribution >= 4 is 17.8 Å². The van der Waals surface area contributed by atoms with Gasteiger partial charge in [0, 0.05) is 19.6 Å². The van der Waals surface area contributed by atoms with Gasteiger partial charge in [-0.3, -0.25) is 14.5 Å². The molecule has 0 spiro atoms. The third kappa shape index (κ3) is 3.00. The standard InChI is InChI=1S/C11H19N3O3.CH4/c1-4-12-11(17)13(5-2)8-7-9(15)14(6-3)10(8)16;/h8H,4-7H2,1-3H3,(H,12,17);1H4. The second-order valence-corrected chi connectivity index (χ2v) is 3.82. The zero-order valence-electron chi connectivity index (χ0n) is 10.5. The molecule has 6 heteroatoms. The van der Waals surface area contributed by atoms with Crippen molar-refractivity contribution in [2.24, 2.45) is 0 Å². The van der Waals surface area contributed by atoms with E-state index in [1.165, 1.54) is 9.80 Å². The number of carbonyl (C=O) groups excluding carboxylic acids is 3. The van der Waals surface area contributed by atoms with Gasteiger partial charge in [0.1, 0.15) is 6.04 Å². The maximum Gasteiger partial charge on any atom is 0.318 e. The Labute approximate surface area is 108 Å². The summed E-state index contributed by atoms with van der Waals surface area (Å²) in [6.07, 6.45) is 0.0949. The van der Waals surface area contributed by atoms with Crippen LogP contribution in [0.1, 0.15) is 34.6 Å². The molecule has 0 radical (unpaired) electrons. The van der Waals surface area contributed by atoms with Crippen molar-refractivity contribution in [3.63, 3.8) is 0 Å². The predicted octanol–water partition coefficient (Wildman–Crippen LogP) is 0.821. The van der Waals surface area contributed by atoms with Crippen LogP contribution in [0.5, 0.6) is 0 Å². The molecule has 0 aromatic rings. The number of rotatable bonds is 4. The van der Waals surface area contributed by atoms with E-state index in [0.29, 0.717) is 19.6 Å². The van der Waals surface area contributed by atoms with Crippen LogP contribution < -0.4 is 5.32 Å². The summed E-state index contributed by atoms with van der Waals surface area (Å²) in [7, 11) is 0. The summed E-state index contributed by atoms with van der Waals surface area (Å²) in [5, 5.41) is 2.65. The summed E-state index contributed by atoms with van der Waals surface area (Å²) < 4.78 is 0. The van der Waals surface area contributed by atoms with E-state index in [1.54, 1.807) is 13.8 Å². The number of hydrogen-bond acceptors (Lipinski definition) is 3. The highest BCUT2D eigenvalue weighted by molar-refractivity contribution is 6.06. The van der Waals surface area contributed by atoms with Crippen molar-refractivity contribution in [2.45, 2.75) is 40.7 Å². The van der Waals surface area contributed by atoms with Crippen LogP contribution in [-0.2, 0) is 9.59 Å². The minimum absolute atomic E-state index is 0. The molecular formula is C12H23N3O3. The van der Waals surface area contributed by atoms with E-state index in [9.17, 15) is 14.4 Å². The third-order valence-electron chi connectivity index (χ3n) is 2.84. The summed E-state index contributed by atoms with van der Waals surface area (Å²) in [6.45, 7) is 6.63. The molecule has 104 valence electrons. The Balaban J connectivity index is 0.00000289. The van der Waals surface area contributed by atoms with Crippen molar-refractivity contribution in [3.05, 3.63) is 0 Å². The number of likely N-dealkylation sites (N-methyl/N-ethyl adjacent to an activating group) is 2. The fraction of sp³-hybridized carbons (Fsp3) is 0.750. The lowest BCUT2D eigenvalue weighted by Gasteiger charge is -2.25. The van der Waals surface area contributed by atoms with E-state index in [1.807, 2.05) is 6.92 Å². The Morgan fingerprint density at radius 3 is 2.39 bits per heavy atom. The molecule has 18 heavy (non-hydrogen) atoms. The van der Waals surface area contributed by atoms with E-state index >= 15 is 0 Å². The van der Waals surface area contributed by atoms with E-state index in [2.05, 4.69) is 5.32 Å². The Kier molecular flexibility index (Phi) is 6.36. The van der Waals surface area contributed by atoms with E-state index in [-0.39, 0.29) is 31.7 Å². The quantitative estimate of drug-likeness (QED) is 0.758. The largest absolute Gasteiger partial charge is 0.338 e. The maximum atomic E-state index is 11.9.